The number of anilines is 1. The molecule has 0 fully saturated rings. The molecular weight excluding hydrogens is 378 g/mol. The summed E-state index contributed by atoms with van der Waals surface area (Å²) in [6.07, 6.45) is 0. The lowest BCUT2D eigenvalue weighted by molar-refractivity contribution is -0.115. The molecule has 0 bridgehead atoms. The summed E-state index contributed by atoms with van der Waals surface area (Å²) in [7, 11) is -3.83. The Hall–Kier alpha value is -3.07. The summed E-state index contributed by atoms with van der Waals surface area (Å²) in [4.78, 5) is 12.6. The second-order valence-electron chi connectivity index (χ2n) is 6.53. The minimum absolute atomic E-state index is 0.151. The van der Waals surface area contributed by atoms with Gasteiger partial charge in [0.2, 0.25) is 5.91 Å². The van der Waals surface area contributed by atoms with Crippen molar-refractivity contribution in [2.45, 2.75) is 31.8 Å². The average molecular weight is 399 g/mol. The molecule has 0 saturated heterocycles. The molecule has 0 spiro atoms. The van der Waals surface area contributed by atoms with Crippen LogP contribution in [-0.2, 0) is 20.4 Å². The van der Waals surface area contributed by atoms with Gasteiger partial charge in [0, 0.05) is 5.69 Å². The number of para-hydroxylation sites is 1. The van der Waals surface area contributed by atoms with Crippen molar-refractivity contribution in [1.29, 1.82) is 0 Å². The SMILES string of the molecule is Cc1cccc(NC(=O)C(C)S(=O)(=O)Cc2nnnn2-c2ccccc2)c1C. The van der Waals surface area contributed by atoms with E-state index in [-0.39, 0.29) is 5.82 Å². The number of tetrazole rings is 1. The lowest BCUT2D eigenvalue weighted by atomic mass is 10.1. The number of nitrogens with one attached hydrogen (secondary N) is 1. The van der Waals surface area contributed by atoms with Crippen LogP contribution < -0.4 is 5.32 Å². The Morgan fingerprint density at radius 2 is 1.82 bits per heavy atom. The second kappa shape index (κ2) is 7.89. The van der Waals surface area contributed by atoms with Crippen LogP contribution in [-0.4, -0.2) is 39.8 Å². The van der Waals surface area contributed by atoms with Crippen LogP contribution in [0.3, 0.4) is 0 Å². The number of benzene rings is 2. The van der Waals surface area contributed by atoms with E-state index in [9.17, 15) is 13.2 Å². The molecule has 8 nitrogen and oxygen atoms in total. The normalized spacial score (nSPS) is 12.5. The maximum absolute atomic E-state index is 12.8. The van der Waals surface area contributed by atoms with E-state index in [1.807, 2.05) is 32.0 Å². The topological polar surface area (TPSA) is 107 Å². The Balaban J connectivity index is 1.79. The average Bonchev–Trinajstić information content (AvgIpc) is 3.12. The zero-order chi connectivity index (χ0) is 20.3. The minimum atomic E-state index is -3.83. The molecule has 2 aromatic carbocycles. The third-order valence-electron chi connectivity index (χ3n) is 4.64. The number of hydrogen-bond donors (Lipinski definition) is 1. The van der Waals surface area contributed by atoms with Crippen LogP contribution in [0.5, 0.6) is 0 Å². The zero-order valence-electron chi connectivity index (χ0n) is 15.8. The number of nitrogens with zero attached hydrogens (tertiary/aromatic N) is 4. The summed E-state index contributed by atoms with van der Waals surface area (Å²) in [6.45, 7) is 5.17. The Morgan fingerprint density at radius 1 is 1.11 bits per heavy atom. The van der Waals surface area contributed by atoms with E-state index in [1.54, 1.807) is 30.3 Å². The Morgan fingerprint density at radius 3 is 2.54 bits per heavy atom. The third kappa shape index (κ3) is 4.09. The number of carbonyl (C=O) groups excluding carboxylic acids is 1. The Labute approximate surface area is 163 Å². The van der Waals surface area contributed by atoms with Gasteiger partial charge >= 0.3 is 0 Å². The van der Waals surface area contributed by atoms with E-state index in [1.165, 1.54) is 11.6 Å². The molecule has 3 aromatic rings. The second-order valence-corrected chi connectivity index (χ2v) is 8.85. The molecule has 0 saturated carbocycles. The fourth-order valence-corrected chi connectivity index (χ4v) is 3.83. The number of sulfone groups is 1. The molecule has 1 N–H and O–H groups in total. The van der Waals surface area contributed by atoms with E-state index >= 15 is 0 Å². The summed E-state index contributed by atoms with van der Waals surface area (Å²) in [5, 5.41) is 12.7. The molecule has 0 aliphatic carbocycles. The summed E-state index contributed by atoms with van der Waals surface area (Å²) >= 11 is 0. The third-order valence-corrected chi connectivity index (χ3v) is 6.59. The van der Waals surface area contributed by atoms with Crippen molar-refractivity contribution in [3.63, 3.8) is 0 Å². The van der Waals surface area contributed by atoms with E-state index in [2.05, 4.69) is 20.8 Å². The van der Waals surface area contributed by atoms with Crippen molar-refractivity contribution in [2.75, 3.05) is 5.32 Å². The van der Waals surface area contributed by atoms with Gasteiger partial charge in [-0.1, -0.05) is 30.3 Å². The molecule has 0 aliphatic heterocycles. The van der Waals surface area contributed by atoms with Gasteiger partial charge in [-0.2, -0.15) is 4.68 Å². The number of amides is 1. The zero-order valence-corrected chi connectivity index (χ0v) is 16.6. The van der Waals surface area contributed by atoms with Crippen LogP contribution in [0.2, 0.25) is 0 Å². The first kappa shape index (κ1) is 19.7. The van der Waals surface area contributed by atoms with Crippen molar-refractivity contribution in [1.82, 2.24) is 20.2 Å². The van der Waals surface area contributed by atoms with Gasteiger partial charge in [-0.15, -0.1) is 5.10 Å². The van der Waals surface area contributed by atoms with Crippen LogP contribution in [0.4, 0.5) is 5.69 Å². The highest BCUT2D eigenvalue weighted by molar-refractivity contribution is 7.92. The fourth-order valence-electron chi connectivity index (χ4n) is 2.65. The molecule has 0 radical (unpaired) electrons. The largest absolute Gasteiger partial charge is 0.325 e. The summed E-state index contributed by atoms with van der Waals surface area (Å²) in [5.74, 6) is -0.888. The van der Waals surface area contributed by atoms with Crippen LogP contribution in [0, 0.1) is 13.8 Å². The molecule has 9 heteroatoms. The van der Waals surface area contributed by atoms with Crippen molar-refractivity contribution >= 4 is 21.4 Å². The predicted molar refractivity (Wildman–Crippen MR) is 106 cm³/mol. The number of rotatable bonds is 6. The van der Waals surface area contributed by atoms with Gasteiger partial charge in [-0.25, -0.2) is 8.42 Å². The van der Waals surface area contributed by atoms with Crippen molar-refractivity contribution in [3.05, 3.63) is 65.5 Å². The molecule has 146 valence electrons. The standard InChI is InChI=1S/C19H21N5O3S/c1-13-8-7-11-17(14(13)2)20-19(25)15(3)28(26,27)12-18-21-22-23-24(18)16-9-5-4-6-10-16/h4-11,15H,12H2,1-3H3,(H,20,25). The van der Waals surface area contributed by atoms with Gasteiger partial charge in [0.15, 0.2) is 15.7 Å². The molecule has 1 aromatic heterocycles. The minimum Gasteiger partial charge on any atom is -0.325 e. The number of hydrogen-bond acceptors (Lipinski definition) is 6. The van der Waals surface area contributed by atoms with E-state index in [0.717, 1.165) is 11.1 Å². The van der Waals surface area contributed by atoms with Gasteiger partial charge in [0.1, 0.15) is 11.0 Å². The van der Waals surface area contributed by atoms with Crippen LogP contribution in [0.25, 0.3) is 5.69 Å². The van der Waals surface area contributed by atoms with E-state index < -0.39 is 26.7 Å². The van der Waals surface area contributed by atoms with Crippen LogP contribution in [0.15, 0.2) is 48.5 Å². The molecule has 1 heterocycles. The van der Waals surface area contributed by atoms with E-state index in [4.69, 9.17) is 0 Å². The summed E-state index contributed by atoms with van der Waals surface area (Å²) < 4.78 is 26.9. The maximum Gasteiger partial charge on any atom is 0.242 e. The van der Waals surface area contributed by atoms with Gasteiger partial charge < -0.3 is 5.32 Å². The van der Waals surface area contributed by atoms with Gasteiger partial charge in [0.25, 0.3) is 0 Å². The quantitative estimate of drug-likeness (QED) is 0.681. The highest BCUT2D eigenvalue weighted by Crippen LogP contribution is 2.20. The lowest BCUT2D eigenvalue weighted by Gasteiger charge is -2.15. The Kier molecular flexibility index (Phi) is 5.55. The fraction of sp³-hybridized carbons (Fsp3) is 0.263. The molecule has 1 atom stereocenters. The number of aryl methyl sites for hydroxylation is 1. The van der Waals surface area contributed by atoms with Gasteiger partial charge in [0.05, 0.1) is 5.69 Å². The monoisotopic (exact) mass is 399 g/mol. The molecule has 28 heavy (non-hydrogen) atoms. The Bertz CT molecular complexity index is 1090. The van der Waals surface area contributed by atoms with E-state index in [0.29, 0.717) is 11.4 Å². The highest BCUT2D eigenvalue weighted by atomic mass is 32.2. The highest BCUT2D eigenvalue weighted by Gasteiger charge is 2.30. The predicted octanol–water partition coefficient (Wildman–Crippen LogP) is 2.22. The van der Waals surface area contributed by atoms with Crippen molar-refractivity contribution in [3.8, 4) is 5.69 Å². The lowest BCUT2D eigenvalue weighted by Crippen LogP contribution is -2.34. The first-order chi connectivity index (χ1) is 13.3. The summed E-state index contributed by atoms with van der Waals surface area (Å²) in [6, 6.07) is 14.5. The van der Waals surface area contributed by atoms with Crippen molar-refractivity contribution in [2.24, 2.45) is 0 Å². The number of aromatic nitrogens is 4. The van der Waals surface area contributed by atoms with Crippen LogP contribution in [0.1, 0.15) is 23.9 Å². The molecule has 1 amide bonds. The smallest absolute Gasteiger partial charge is 0.242 e. The first-order valence-electron chi connectivity index (χ1n) is 8.71. The maximum atomic E-state index is 12.8. The number of carbonyl (C=O) groups is 1. The first-order valence-corrected chi connectivity index (χ1v) is 10.4. The van der Waals surface area contributed by atoms with Crippen LogP contribution >= 0.6 is 0 Å². The molecular formula is C19H21N5O3S. The molecule has 0 aliphatic rings. The van der Waals surface area contributed by atoms with Gasteiger partial charge in [-0.3, -0.25) is 4.79 Å². The molecule has 3 rings (SSSR count). The van der Waals surface area contributed by atoms with Gasteiger partial charge in [-0.05, 0) is 60.5 Å². The summed E-state index contributed by atoms with van der Waals surface area (Å²) in [5.41, 5.74) is 3.15. The molecule has 1 unspecified atom stereocenters. The van der Waals surface area contributed by atoms with Crippen molar-refractivity contribution < 1.29 is 13.2 Å².